The summed E-state index contributed by atoms with van der Waals surface area (Å²) in [5.74, 6) is 0.942. The van der Waals surface area contributed by atoms with Gasteiger partial charge in [0.1, 0.15) is 11.4 Å². The van der Waals surface area contributed by atoms with E-state index < -0.39 is 0 Å². The molecular formula is C23H28N4O2S. The van der Waals surface area contributed by atoms with Crippen LogP contribution in [0.5, 0.6) is 5.75 Å². The minimum atomic E-state index is -0.113. The number of hydrogen-bond acceptors (Lipinski definition) is 5. The van der Waals surface area contributed by atoms with Gasteiger partial charge in [-0.25, -0.2) is 4.98 Å². The minimum absolute atomic E-state index is 0.0820. The molecule has 1 aliphatic heterocycles. The summed E-state index contributed by atoms with van der Waals surface area (Å²) < 4.78 is 7.21. The first-order chi connectivity index (χ1) is 14.5. The third-order valence-electron chi connectivity index (χ3n) is 5.49. The Morgan fingerprint density at radius 3 is 2.77 bits per heavy atom. The maximum absolute atomic E-state index is 13.0. The number of benzene rings is 1. The Balaban J connectivity index is 1.38. The number of rotatable bonds is 7. The molecule has 1 aromatic carbocycles. The molecule has 3 heterocycles. The highest BCUT2D eigenvalue weighted by molar-refractivity contribution is 8.00. The van der Waals surface area contributed by atoms with E-state index in [2.05, 4.69) is 41.2 Å². The van der Waals surface area contributed by atoms with Gasteiger partial charge in [-0.1, -0.05) is 6.07 Å². The third kappa shape index (κ3) is 4.63. The van der Waals surface area contributed by atoms with Crippen LogP contribution in [0.15, 0.2) is 59.8 Å². The Morgan fingerprint density at radius 1 is 1.27 bits per heavy atom. The molecule has 0 radical (unpaired) electrons. The maximum Gasteiger partial charge on any atom is 0.237 e. The number of fused-ring (bicyclic) bond motifs is 1. The molecule has 0 aliphatic carbocycles. The van der Waals surface area contributed by atoms with Crippen LogP contribution in [-0.4, -0.2) is 51.2 Å². The standard InChI is InChI=1S/C23H28N4O2S/c1-16(2)27-15-20(30-19-9-7-18(29-3)8-10-19)12-21(27)23(28)24-13-17-14-26-11-5-4-6-22(26)25-17/h4-11,14,16,20-21H,12-13,15H2,1-3H3,(H,24,28)/t20-,21+/m1/s1. The van der Waals surface area contributed by atoms with Crippen LogP contribution in [0.3, 0.4) is 0 Å². The second-order valence-electron chi connectivity index (χ2n) is 7.87. The lowest BCUT2D eigenvalue weighted by molar-refractivity contribution is -0.126. The topological polar surface area (TPSA) is 58.9 Å². The van der Waals surface area contributed by atoms with Gasteiger partial charge in [0.15, 0.2) is 0 Å². The molecule has 0 spiro atoms. The highest BCUT2D eigenvalue weighted by atomic mass is 32.2. The van der Waals surface area contributed by atoms with Crippen LogP contribution in [-0.2, 0) is 11.3 Å². The number of ether oxygens (including phenoxy) is 1. The average molecular weight is 425 g/mol. The van der Waals surface area contributed by atoms with Crippen molar-refractivity contribution in [2.45, 2.75) is 49.0 Å². The number of thioether (sulfide) groups is 1. The van der Waals surface area contributed by atoms with Crippen molar-refractivity contribution in [3.8, 4) is 5.75 Å². The van der Waals surface area contributed by atoms with Crippen LogP contribution >= 0.6 is 11.8 Å². The predicted octanol–water partition coefficient (Wildman–Crippen LogP) is 3.60. The summed E-state index contributed by atoms with van der Waals surface area (Å²) in [5, 5.41) is 3.49. The van der Waals surface area contributed by atoms with Crippen LogP contribution in [0, 0.1) is 0 Å². The first kappa shape index (κ1) is 20.8. The summed E-state index contributed by atoms with van der Waals surface area (Å²) in [6.07, 6.45) is 4.77. The van der Waals surface area contributed by atoms with E-state index in [4.69, 9.17) is 4.74 Å². The van der Waals surface area contributed by atoms with Crippen molar-refractivity contribution in [1.82, 2.24) is 19.6 Å². The number of pyridine rings is 1. The molecule has 4 rings (SSSR count). The Morgan fingerprint density at radius 2 is 2.07 bits per heavy atom. The number of methoxy groups -OCH3 is 1. The second kappa shape index (κ2) is 9.10. The summed E-state index contributed by atoms with van der Waals surface area (Å²) in [6, 6.07) is 14.2. The Hall–Kier alpha value is -2.51. The van der Waals surface area contributed by atoms with Crippen LogP contribution < -0.4 is 10.1 Å². The molecule has 0 bridgehead atoms. The number of likely N-dealkylation sites (tertiary alicyclic amines) is 1. The maximum atomic E-state index is 13.0. The zero-order valence-electron chi connectivity index (χ0n) is 17.6. The lowest BCUT2D eigenvalue weighted by Crippen LogP contribution is -2.45. The van der Waals surface area contributed by atoms with Crippen molar-refractivity contribution >= 4 is 23.3 Å². The monoisotopic (exact) mass is 424 g/mol. The quantitative estimate of drug-likeness (QED) is 0.628. The van der Waals surface area contributed by atoms with Gasteiger partial charge in [-0.15, -0.1) is 11.8 Å². The molecule has 1 N–H and O–H groups in total. The molecule has 1 saturated heterocycles. The molecule has 2 atom stereocenters. The highest BCUT2D eigenvalue weighted by Crippen LogP contribution is 2.34. The minimum Gasteiger partial charge on any atom is -0.497 e. The molecule has 7 heteroatoms. The number of carbonyl (C=O) groups is 1. The first-order valence-corrected chi connectivity index (χ1v) is 11.2. The molecule has 0 unspecified atom stereocenters. The van der Waals surface area contributed by atoms with Crippen LogP contribution in [0.25, 0.3) is 5.65 Å². The summed E-state index contributed by atoms with van der Waals surface area (Å²) in [7, 11) is 1.68. The van der Waals surface area contributed by atoms with Gasteiger partial charge in [0.05, 0.1) is 25.4 Å². The number of nitrogens with one attached hydrogen (secondary N) is 1. The van der Waals surface area contributed by atoms with E-state index in [1.165, 1.54) is 4.90 Å². The van der Waals surface area contributed by atoms with Crippen LogP contribution in [0.1, 0.15) is 26.0 Å². The van der Waals surface area contributed by atoms with Gasteiger partial charge in [-0.3, -0.25) is 9.69 Å². The van der Waals surface area contributed by atoms with Crippen molar-refractivity contribution in [1.29, 1.82) is 0 Å². The zero-order chi connectivity index (χ0) is 21.1. The van der Waals surface area contributed by atoms with Gasteiger partial charge < -0.3 is 14.5 Å². The van der Waals surface area contributed by atoms with E-state index in [1.807, 2.05) is 58.9 Å². The fourth-order valence-electron chi connectivity index (χ4n) is 3.95. The van der Waals surface area contributed by atoms with E-state index in [1.54, 1.807) is 7.11 Å². The Labute approximate surface area is 181 Å². The highest BCUT2D eigenvalue weighted by Gasteiger charge is 2.38. The largest absolute Gasteiger partial charge is 0.497 e. The molecule has 1 fully saturated rings. The predicted molar refractivity (Wildman–Crippen MR) is 120 cm³/mol. The molecule has 1 amide bonds. The molecule has 3 aromatic rings. The van der Waals surface area contributed by atoms with Gasteiger partial charge in [0, 0.05) is 35.1 Å². The summed E-state index contributed by atoms with van der Waals surface area (Å²) in [4.78, 5) is 21.1. The smallest absolute Gasteiger partial charge is 0.237 e. The van der Waals surface area contributed by atoms with Gasteiger partial charge in [-0.2, -0.15) is 0 Å². The lowest BCUT2D eigenvalue weighted by Gasteiger charge is -2.27. The number of hydrogen-bond donors (Lipinski definition) is 1. The van der Waals surface area contributed by atoms with E-state index in [9.17, 15) is 4.79 Å². The lowest BCUT2D eigenvalue weighted by atomic mass is 10.2. The van der Waals surface area contributed by atoms with Gasteiger partial charge in [-0.05, 0) is 56.7 Å². The first-order valence-electron chi connectivity index (χ1n) is 10.3. The molecule has 2 aromatic heterocycles. The second-order valence-corrected chi connectivity index (χ2v) is 9.25. The Kier molecular flexibility index (Phi) is 6.29. The van der Waals surface area contributed by atoms with Crippen LogP contribution in [0.2, 0.25) is 0 Å². The van der Waals surface area contributed by atoms with E-state index in [-0.39, 0.29) is 11.9 Å². The fraction of sp³-hybridized carbons (Fsp3) is 0.391. The summed E-state index contributed by atoms with van der Waals surface area (Å²) in [6.45, 7) is 5.66. The molecule has 1 aliphatic rings. The van der Waals surface area contributed by atoms with E-state index in [0.717, 1.165) is 30.1 Å². The molecule has 158 valence electrons. The van der Waals surface area contributed by atoms with Crippen molar-refractivity contribution in [2.75, 3.05) is 13.7 Å². The normalized spacial score (nSPS) is 19.5. The number of imidazole rings is 1. The summed E-state index contributed by atoms with van der Waals surface area (Å²) in [5.41, 5.74) is 1.76. The summed E-state index contributed by atoms with van der Waals surface area (Å²) >= 11 is 1.84. The SMILES string of the molecule is COc1ccc(S[C@@H]2C[C@@H](C(=O)NCc3cn4ccccc4n3)N(C(C)C)C2)cc1. The van der Waals surface area contributed by atoms with Gasteiger partial charge in [0.2, 0.25) is 5.91 Å². The number of carbonyl (C=O) groups excluding carboxylic acids is 1. The third-order valence-corrected chi connectivity index (χ3v) is 6.71. The van der Waals surface area contributed by atoms with E-state index >= 15 is 0 Å². The number of amides is 1. The van der Waals surface area contributed by atoms with Gasteiger partial charge >= 0.3 is 0 Å². The average Bonchev–Trinajstić information content (AvgIpc) is 3.36. The van der Waals surface area contributed by atoms with E-state index in [0.29, 0.717) is 17.8 Å². The van der Waals surface area contributed by atoms with Crippen molar-refractivity contribution in [3.63, 3.8) is 0 Å². The number of aromatic nitrogens is 2. The molecule has 30 heavy (non-hydrogen) atoms. The Bertz CT molecular complexity index is 969. The molecular weight excluding hydrogens is 396 g/mol. The molecule has 0 saturated carbocycles. The van der Waals surface area contributed by atoms with Crippen LogP contribution in [0.4, 0.5) is 0 Å². The van der Waals surface area contributed by atoms with Gasteiger partial charge in [0.25, 0.3) is 0 Å². The number of nitrogens with zero attached hydrogens (tertiary/aromatic N) is 3. The molecule has 6 nitrogen and oxygen atoms in total. The van der Waals surface area contributed by atoms with Crippen molar-refractivity contribution in [3.05, 3.63) is 60.6 Å². The fourth-order valence-corrected chi connectivity index (χ4v) is 5.15. The van der Waals surface area contributed by atoms with Crippen molar-refractivity contribution in [2.24, 2.45) is 0 Å². The zero-order valence-corrected chi connectivity index (χ0v) is 18.4. The van der Waals surface area contributed by atoms with Crippen molar-refractivity contribution < 1.29 is 9.53 Å².